The zero-order chi connectivity index (χ0) is 12.3. The average molecular weight is 249 g/mol. The second-order valence-electron chi connectivity index (χ2n) is 4.33. The number of hydrogen-bond donors (Lipinski definition) is 0. The van der Waals surface area contributed by atoms with Crippen molar-refractivity contribution in [3.05, 3.63) is 40.1 Å². The Balaban J connectivity index is 1.98. The minimum Gasteiger partial charge on any atom is -0.334 e. The average Bonchev–Trinajstić information content (AvgIpc) is 2.89. The largest absolute Gasteiger partial charge is 0.334 e. The highest BCUT2D eigenvalue weighted by Crippen LogP contribution is 2.17. The van der Waals surface area contributed by atoms with Crippen molar-refractivity contribution in [2.45, 2.75) is 33.5 Å². The number of nitrogens with zero attached hydrogens (tertiary/aromatic N) is 3. The Kier molecular flexibility index (Phi) is 3.97. The first-order valence-corrected chi connectivity index (χ1v) is 6.80. The molecule has 0 N–H and O–H groups in total. The molecule has 0 atom stereocenters. The Labute approximate surface area is 107 Å². The number of thiophene rings is 1. The molecule has 2 rings (SSSR count). The summed E-state index contributed by atoms with van der Waals surface area (Å²) in [6.07, 6.45) is 3.92. The fraction of sp³-hybridized carbons (Fsp3) is 0.462. The lowest BCUT2D eigenvalue weighted by Crippen LogP contribution is -2.19. The van der Waals surface area contributed by atoms with Gasteiger partial charge in [-0.15, -0.1) is 11.3 Å². The molecule has 0 aliphatic carbocycles. The molecular formula is C13H19N3S. The fourth-order valence-electron chi connectivity index (χ4n) is 1.89. The van der Waals surface area contributed by atoms with E-state index in [1.807, 2.05) is 23.7 Å². The van der Waals surface area contributed by atoms with Gasteiger partial charge in [-0.25, -0.2) is 4.98 Å². The van der Waals surface area contributed by atoms with E-state index < -0.39 is 0 Å². The van der Waals surface area contributed by atoms with Gasteiger partial charge in [0, 0.05) is 30.4 Å². The predicted octanol–water partition coefficient (Wildman–Crippen LogP) is 2.90. The van der Waals surface area contributed by atoms with Crippen molar-refractivity contribution in [1.29, 1.82) is 0 Å². The van der Waals surface area contributed by atoms with Gasteiger partial charge in [-0.1, -0.05) is 0 Å². The molecule has 0 amide bonds. The first-order chi connectivity index (χ1) is 8.20. The highest BCUT2D eigenvalue weighted by atomic mass is 32.1. The molecule has 0 spiro atoms. The van der Waals surface area contributed by atoms with Crippen LogP contribution >= 0.6 is 11.3 Å². The number of imidazole rings is 1. The second kappa shape index (κ2) is 5.47. The molecule has 2 aromatic heterocycles. The van der Waals surface area contributed by atoms with E-state index >= 15 is 0 Å². The number of aryl methyl sites for hydroxylation is 2. The summed E-state index contributed by atoms with van der Waals surface area (Å²) in [5.41, 5.74) is 1.39. The molecule has 0 aliphatic heterocycles. The van der Waals surface area contributed by atoms with Crippen LogP contribution in [-0.4, -0.2) is 21.5 Å². The van der Waals surface area contributed by atoms with Crippen molar-refractivity contribution < 1.29 is 0 Å². The fourth-order valence-corrected chi connectivity index (χ4v) is 2.87. The summed E-state index contributed by atoms with van der Waals surface area (Å²) in [7, 11) is 2.15. The Hall–Kier alpha value is -1.13. The number of rotatable bonds is 5. The lowest BCUT2D eigenvalue weighted by molar-refractivity contribution is 0.307. The van der Waals surface area contributed by atoms with Crippen LogP contribution in [0, 0.1) is 6.92 Å². The van der Waals surface area contributed by atoms with Gasteiger partial charge in [0.25, 0.3) is 0 Å². The molecule has 0 saturated carbocycles. The second-order valence-corrected chi connectivity index (χ2v) is 5.33. The molecule has 0 aromatic carbocycles. The summed E-state index contributed by atoms with van der Waals surface area (Å²) in [5, 5.41) is 2.16. The lowest BCUT2D eigenvalue weighted by Gasteiger charge is -2.16. The zero-order valence-electron chi connectivity index (χ0n) is 10.7. The molecule has 4 heteroatoms. The summed E-state index contributed by atoms with van der Waals surface area (Å²) in [5.74, 6) is 1.14. The van der Waals surface area contributed by atoms with Crippen LogP contribution in [0.25, 0.3) is 0 Å². The summed E-state index contributed by atoms with van der Waals surface area (Å²) >= 11 is 1.83. The summed E-state index contributed by atoms with van der Waals surface area (Å²) < 4.78 is 2.19. The minimum absolute atomic E-state index is 0.901. The Bertz CT molecular complexity index is 472. The lowest BCUT2D eigenvalue weighted by atomic mass is 10.3. The third-order valence-electron chi connectivity index (χ3n) is 2.94. The van der Waals surface area contributed by atoms with Gasteiger partial charge in [-0.2, -0.15) is 0 Å². The third kappa shape index (κ3) is 2.96. The maximum Gasteiger partial charge on any atom is 0.122 e. The van der Waals surface area contributed by atoms with Gasteiger partial charge in [-0.3, -0.25) is 4.90 Å². The normalized spacial score (nSPS) is 11.3. The molecular weight excluding hydrogens is 230 g/mol. The van der Waals surface area contributed by atoms with Crippen molar-refractivity contribution in [1.82, 2.24) is 14.5 Å². The van der Waals surface area contributed by atoms with Crippen LogP contribution in [0.3, 0.4) is 0 Å². The quantitative estimate of drug-likeness (QED) is 0.812. The molecule has 92 valence electrons. The topological polar surface area (TPSA) is 21.1 Å². The standard InChI is InChI=1S/C13H19N3S/c1-4-16-7-6-14-13(16)10-15(3)9-12-11(2)5-8-17-12/h5-8H,4,9-10H2,1-3H3. The van der Waals surface area contributed by atoms with Gasteiger partial charge in [0.1, 0.15) is 5.82 Å². The van der Waals surface area contributed by atoms with Crippen LogP contribution in [0.1, 0.15) is 23.2 Å². The number of aromatic nitrogens is 2. The summed E-state index contributed by atoms with van der Waals surface area (Å²) in [4.78, 5) is 8.16. The van der Waals surface area contributed by atoms with Crippen molar-refractivity contribution in [3.63, 3.8) is 0 Å². The van der Waals surface area contributed by atoms with Crippen molar-refractivity contribution in [2.75, 3.05) is 7.05 Å². The molecule has 0 unspecified atom stereocenters. The molecule has 0 fully saturated rings. The summed E-state index contributed by atoms with van der Waals surface area (Å²) in [6, 6.07) is 2.18. The van der Waals surface area contributed by atoms with E-state index in [1.165, 1.54) is 10.4 Å². The Morgan fingerprint density at radius 2 is 2.24 bits per heavy atom. The van der Waals surface area contributed by atoms with Crippen molar-refractivity contribution in [2.24, 2.45) is 0 Å². The van der Waals surface area contributed by atoms with Crippen molar-refractivity contribution in [3.8, 4) is 0 Å². The van der Waals surface area contributed by atoms with E-state index in [9.17, 15) is 0 Å². The van der Waals surface area contributed by atoms with Crippen LogP contribution in [0.5, 0.6) is 0 Å². The van der Waals surface area contributed by atoms with E-state index in [4.69, 9.17) is 0 Å². The molecule has 0 radical (unpaired) electrons. The zero-order valence-corrected chi connectivity index (χ0v) is 11.5. The van der Waals surface area contributed by atoms with Gasteiger partial charge in [0.05, 0.1) is 6.54 Å². The molecule has 17 heavy (non-hydrogen) atoms. The van der Waals surface area contributed by atoms with E-state index in [0.717, 1.165) is 25.5 Å². The molecule has 2 aromatic rings. The Morgan fingerprint density at radius 1 is 1.41 bits per heavy atom. The summed E-state index contributed by atoms with van der Waals surface area (Å²) in [6.45, 7) is 7.21. The van der Waals surface area contributed by atoms with Crippen LogP contribution in [0.2, 0.25) is 0 Å². The highest BCUT2D eigenvalue weighted by molar-refractivity contribution is 7.10. The molecule has 2 heterocycles. The van der Waals surface area contributed by atoms with Crippen LogP contribution in [0.15, 0.2) is 23.8 Å². The van der Waals surface area contributed by atoms with Gasteiger partial charge in [-0.05, 0) is 37.9 Å². The van der Waals surface area contributed by atoms with Crippen LogP contribution < -0.4 is 0 Å². The van der Waals surface area contributed by atoms with Gasteiger partial charge in [0.2, 0.25) is 0 Å². The maximum absolute atomic E-state index is 4.40. The minimum atomic E-state index is 0.901. The maximum atomic E-state index is 4.40. The van der Waals surface area contributed by atoms with Crippen LogP contribution in [0.4, 0.5) is 0 Å². The number of hydrogen-bond acceptors (Lipinski definition) is 3. The van der Waals surface area contributed by atoms with E-state index in [0.29, 0.717) is 0 Å². The molecule has 0 bridgehead atoms. The van der Waals surface area contributed by atoms with E-state index in [-0.39, 0.29) is 0 Å². The van der Waals surface area contributed by atoms with Crippen molar-refractivity contribution >= 4 is 11.3 Å². The first-order valence-electron chi connectivity index (χ1n) is 5.92. The predicted molar refractivity (Wildman–Crippen MR) is 72.1 cm³/mol. The van der Waals surface area contributed by atoms with Gasteiger partial charge < -0.3 is 4.57 Å². The Morgan fingerprint density at radius 3 is 2.88 bits per heavy atom. The molecule has 0 aliphatic rings. The first kappa shape index (κ1) is 12.3. The third-order valence-corrected chi connectivity index (χ3v) is 3.94. The van der Waals surface area contributed by atoms with E-state index in [1.54, 1.807) is 0 Å². The molecule has 0 saturated heterocycles. The van der Waals surface area contributed by atoms with Gasteiger partial charge in [0.15, 0.2) is 0 Å². The van der Waals surface area contributed by atoms with E-state index in [2.05, 4.69) is 46.8 Å². The monoisotopic (exact) mass is 249 g/mol. The smallest absolute Gasteiger partial charge is 0.122 e. The van der Waals surface area contributed by atoms with Crippen LogP contribution in [-0.2, 0) is 19.6 Å². The van der Waals surface area contributed by atoms with Gasteiger partial charge >= 0.3 is 0 Å². The highest BCUT2D eigenvalue weighted by Gasteiger charge is 2.08. The molecule has 3 nitrogen and oxygen atoms in total. The SMILES string of the molecule is CCn1ccnc1CN(C)Cc1sccc1C.